The lowest BCUT2D eigenvalue weighted by Gasteiger charge is -2.27. The first-order valence-corrected chi connectivity index (χ1v) is 13.0. The number of imidazole rings is 1. The van der Waals surface area contributed by atoms with E-state index in [2.05, 4.69) is 25.9 Å². The van der Waals surface area contributed by atoms with E-state index in [1.54, 1.807) is 18.3 Å². The van der Waals surface area contributed by atoms with Crippen LogP contribution in [0.5, 0.6) is 5.75 Å². The number of benzene rings is 1. The van der Waals surface area contributed by atoms with Crippen LogP contribution in [-0.4, -0.2) is 68.0 Å². The Kier molecular flexibility index (Phi) is 11.9. The van der Waals surface area contributed by atoms with E-state index in [1.807, 2.05) is 27.7 Å². The highest BCUT2D eigenvalue weighted by Gasteiger charge is 2.31. The fourth-order valence-electron chi connectivity index (χ4n) is 4.02. The monoisotopic (exact) mass is 544 g/mol. The summed E-state index contributed by atoms with van der Waals surface area (Å²) in [5.41, 5.74) is 7.32. The number of aromatic amines is 1. The predicted octanol–water partition coefficient (Wildman–Crippen LogP) is 0.859. The fraction of sp³-hybridized carbons (Fsp3) is 0.519. The number of carbonyl (C=O) groups excluding carboxylic acids is 3. The highest BCUT2D eigenvalue weighted by atomic mass is 16.4. The molecular weight excluding hydrogens is 504 g/mol. The fourth-order valence-corrected chi connectivity index (χ4v) is 4.02. The number of H-pyrrole nitrogens is 1. The zero-order chi connectivity index (χ0) is 29.1. The maximum Gasteiger partial charge on any atom is 0.326 e. The minimum Gasteiger partial charge on any atom is -0.508 e. The number of amides is 3. The molecule has 0 aliphatic heterocycles. The molecule has 39 heavy (non-hydrogen) atoms. The molecule has 1 heterocycles. The van der Waals surface area contributed by atoms with Crippen molar-refractivity contribution in [1.29, 1.82) is 0 Å². The summed E-state index contributed by atoms with van der Waals surface area (Å²) in [6.07, 6.45) is 3.80. The molecule has 2 rings (SSSR count). The van der Waals surface area contributed by atoms with Crippen LogP contribution in [0.4, 0.5) is 0 Å². The number of carbonyl (C=O) groups is 4. The Morgan fingerprint density at radius 2 is 1.36 bits per heavy atom. The Bertz CT molecular complexity index is 1090. The van der Waals surface area contributed by atoms with Gasteiger partial charge in [-0.3, -0.25) is 14.4 Å². The quantitative estimate of drug-likeness (QED) is 0.171. The van der Waals surface area contributed by atoms with Gasteiger partial charge in [0.25, 0.3) is 0 Å². The van der Waals surface area contributed by atoms with Crippen molar-refractivity contribution in [3.8, 4) is 5.75 Å². The van der Waals surface area contributed by atoms with Gasteiger partial charge in [-0.1, -0.05) is 39.8 Å². The molecule has 2 aromatic rings. The van der Waals surface area contributed by atoms with Crippen LogP contribution in [0.25, 0.3) is 0 Å². The van der Waals surface area contributed by atoms with Crippen LogP contribution in [0.2, 0.25) is 0 Å². The van der Waals surface area contributed by atoms with E-state index in [4.69, 9.17) is 5.73 Å². The zero-order valence-corrected chi connectivity index (χ0v) is 22.8. The van der Waals surface area contributed by atoms with Gasteiger partial charge in [-0.15, -0.1) is 0 Å². The average Bonchev–Trinajstić information content (AvgIpc) is 3.36. The second-order valence-electron chi connectivity index (χ2n) is 10.5. The second-order valence-corrected chi connectivity index (χ2v) is 10.5. The number of hydrogen-bond donors (Lipinski definition) is 7. The Morgan fingerprint density at radius 1 is 0.846 bits per heavy atom. The molecule has 0 bridgehead atoms. The molecule has 0 aliphatic rings. The number of nitrogens with zero attached hydrogens (tertiary/aromatic N) is 1. The van der Waals surface area contributed by atoms with E-state index in [-0.39, 0.29) is 36.8 Å². The third-order valence-corrected chi connectivity index (χ3v) is 6.00. The number of rotatable bonds is 15. The van der Waals surface area contributed by atoms with Gasteiger partial charge >= 0.3 is 5.97 Å². The summed E-state index contributed by atoms with van der Waals surface area (Å²) in [7, 11) is 0. The molecule has 1 aromatic heterocycles. The molecule has 0 fully saturated rings. The molecule has 0 radical (unpaired) electrons. The number of phenolic OH excluding ortho intramolecular Hbond substituents is 1. The van der Waals surface area contributed by atoms with Gasteiger partial charge in [-0.05, 0) is 42.4 Å². The van der Waals surface area contributed by atoms with E-state index in [0.29, 0.717) is 17.7 Å². The zero-order valence-electron chi connectivity index (χ0n) is 22.8. The van der Waals surface area contributed by atoms with Gasteiger partial charge in [-0.2, -0.15) is 0 Å². The van der Waals surface area contributed by atoms with Crippen LogP contribution in [0.15, 0.2) is 36.8 Å². The number of nitrogens with one attached hydrogen (secondary N) is 4. The van der Waals surface area contributed by atoms with Gasteiger partial charge in [0.05, 0.1) is 12.4 Å². The minimum atomic E-state index is -1.25. The lowest BCUT2D eigenvalue weighted by molar-refractivity contribution is -0.142. The first-order valence-electron chi connectivity index (χ1n) is 13.0. The highest BCUT2D eigenvalue weighted by Crippen LogP contribution is 2.13. The van der Waals surface area contributed by atoms with Crippen LogP contribution in [0.1, 0.15) is 51.8 Å². The number of aliphatic carboxylic acids is 1. The van der Waals surface area contributed by atoms with Crippen molar-refractivity contribution in [1.82, 2.24) is 25.9 Å². The van der Waals surface area contributed by atoms with Crippen molar-refractivity contribution in [2.24, 2.45) is 17.6 Å². The molecule has 4 unspecified atom stereocenters. The van der Waals surface area contributed by atoms with Gasteiger partial charge in [0.2, 0.25) is 17.7 Å². The molecule has 3 amide bonds. The van der Waals surface area contributed by atoms with E-state index >= 15 is 0 Å². The minimum absolute atomic E-state index is 0.00222. The van der Waals surface area contributed by atoms with Crippen molar-refractivity contribution in [3.05, 3.63) is 48.0 Å². The Balaban J connectivity index is 2.12. The average molecular weight is 545 g/mol. The van der Waals surface area contributed by atoms with Crippen molar-refractivity contribution in [2.75, 3.05) is 0 Å². The summed E-state index contributed by atoms with van der Waals surface area (Å²) in [6, 6.07) is 1.87. The lowest BCUT2D eigenvalue weighted by atomic mass is 9.99. The summed E-state index contributed by atoms with van der Waals surface area (Å²) < 4.78 is 0. The van der Waals surface area contributed by atoms with E-state index < -0.39 is 47.9 Å². The number of hydrogen-bond acceptors (Lipinski definition) is 7. The number of nitrogens with two attached hydrogens (primary N) is 1. The Hall–Kier alpha value is -3.93. The van der Waals surface area contributed by atoms with Crippen LogP contribution < -0.4 is 21.7 Å². The third-order valence-electron chi connectivity index (χ3n) is 6.00. The normalized spacial score (nSPS) is 14.3. The van der Waals surface area contributed by atoms with Crippen molar-refractivity contribution >= 4 is 23.7 Å². The summed E-state index contributed by atoms with van der Waals surface area (Å²) in [6.45, 7) is 7.55. The molecule has 214 valence electrons. The summed E-state index contributed by atoms with van der Waals surface area (Å²) in [5.74, 6) is -2.87. The topological polar surface area (TPSA) is 200 Å². The number of aromatic nitrogens is 2. The molecule has 8 N–H and O–H groups in total. The van der Waals surface area contributed by atoms with Crippen LogP contribution in [0.3, 0.4) is 0 Å². The Morgan fingerprint density at radius 3 is 1.82 bits per heavy atom. The van der Waals surface area contributed by atoms with Crippen molar-refractivity contribution < 1.29 is 29.4 Å². The van der Waals surface area contributed by atoms with Crippen molar-refractivity contribution in [2.45, 2.75) is 77.5 Å². The van der Waals surface area contributed by atoms with E-state index in [9.17, 15) is 29.4 Å². The molecular formula is C27H40N6O6. The van der Waals surface area contributed by atoms with E-state index in [1.165, 1.54) is 18.5 Å². The van der Waals surface area contributed by atoms with Gasteiger partial charge in [-0.25, -0.2) is 9.78 Å². The second kappa shape index (κ2) is 14.9. The molecule has 4 atom stereocenters. The standard InChI is InChI=1S/C27H40N6O6/c1-15(2)9-21(31-24(35)20(28)12-18-13-29-14-30-18)25(36)32-22(10-16(3)4)26(37)33-23(27(38)39)11-17-5-7-19(34)8-6-17/h5-8,13-16,20-23,34H,9-12,28H2,1-4H3,(H,29,30)(H,31,35)(H,32,36)(H,33,37)(H,38,39). The highest BCUT2D eigenvalue weighted by molar-refractivity contribution is 5.94. The molecule has 1 aromatic carbocycles. The third kappa shape index (κ3) is 10.8. The molecule has 0 saturated carbocycles. The van der Waals surface area contributed by atoms with Gasteiger partial charge in [0.15, 0.2) is 0 Å². The molecule has 12 heteroatoms. The van der Waals surface area contributed by atoms with Crippen molar-refractivity contribution in [3.63, 3.8) is 0 Å². The predicted molar refractivity (Wildman–Crippen MR) is 144 cm³/mol. The smallest absolute Gasteiger partial charge is 0.326 e. The van der Waals surface area contributed by atoms with Gasteiger partial charge < -0.3 is 36.9 Å². The maximum absolute atomic E-state index is 13.3. The molecule has 12 nitrogen and oxygen atoms in total. The molecule has 0 spiro atoms. The van der Waals surface area contributed by atoms with Crippen LogP contribution in [-0.2, 0) is 32.0 Å². The van der Waals surface area contributed by atoms with Crippen LogP contribution in [0, 0.1) is 11.8 Å². The molecule has 0 aliphatic carbocycles. The summed E-state index contributed by atoms with van der Waals surface area (Å²) in [4.78, 5) is 57.9. The number of aromatic hydroxyl groups is 1. The van der Waals surface area contributed by atoms with Gasteiger partial charge in [0, 0.05) is 24.7 Å². The lowest BCUT2D eigenvalue weighted by Crippen LogP contribution is -2.57. The Labute approximate surface area is 228 Å². The maximum atomic E-state index is 13.3. The molecule has 0 saturated heterocycles. The SMILES string of the molecule is CC(C)CC(NC(=O)C(N)Cc1cnc[nH]1)C(=O)NC(CC(C)C)C(=O)NC(Cc1ccc(O)cc1)C(=O)O. The van der Waals surface area contributed by atoms with E-state index in [0.717, 1.165) is 0 Å². The number of phenols is 1. The number of carboxylic acid groups (broad SMARTS) is 1. The van der Waals surface area contributed by atoms with Gasteiger partial charge in [0.1, 0.15) is 23.9 Å². The van der Waals surface area contributed by atoms with Crippen LogP contribution >= 0.6 is 0 Å². The largest absolute Gasteiger partial charge is 0.508 e. The summed E-state index contributed by atoms with van der Waals surface area (Å²) in [5, 5.41) is 27.1. The number of carboxylic acids is 1. The first kappa shape index (κ1) is 31.3. The summed E-state index contributed by atoms with van der Waals surface area (Å²) >= 11 is 0. The first-order chi connectivity index (χ1) is 18.3.